The van der Waals surface area contributed by atoms with Gasteiger partial charge in [-0.25, -0.2) is 9.18 Å². The highest BCUT2D eigenvalue weighted by Crippen LogP contribution is 2.23. The van der Waals surface area contributed by atoms with Gasteiger partial charge in [-0.2, -0.15) is 0 Å². The van der Waals surface area contributed by atoms with Crippen molar-refractivity contribution < 1.29 is 18.7 Å². The molecule has 2 aromatic rings. The summed E-state index contributed by atoms with van der Waals surface area (Å²) < 4.78 is 18.5. The van der Waals surface area contributed by atoms with Gasteiger partial charge in [0, 0.05) is 12.1 Å². The van der Waals surface area contributed by atoms with Crippen LogP contribution in [0.25, 0.3) is 0 Å². The van der Waals surface area contributed by atoms with Gasteiger partial charge in [-0.1, -0.05) is 25.1 Å². The number of nitrogens with one attached hydrogen (secondary N) is 1. The highest BCUT2D eigenvalue weighted by molar-refractivity contribution is 6.00. The lowest BCUT2D eigenvalue weighted by atomic mass is 9.98. The lowest BCUT2D eigenvalue weighted by Gasteiger charge is -2.24. The molecule has 118 valence electrons. The number of esters is 1. The highest BCUT2D eigenvalue weighted by atomic mass is 19.1. The summed E-state index contributed by atoms with van der Waals surface area (Å²) in [4.78, 5) is 24.4. The molecule has 0 fully saturated rings. The second-order valence-corrected chi connectivity index (χ2v) is 5.40. The normalized spacial score (nSPS) is 16.4. The Labute approximate surface area is 133 Å². The van der Waals surface area contributed by atoms with E-state index in [-0.39, 0.29) is 6.42 Å². The molecule has 1 unspecified atom stereocenters. The van der Waals surface area contributed by atoms with E-state index in [9.17, 15) is 14.0 Å². The van der Waals surface area contributed by atoms with Crippen LogP contribution in [0, 0.1) is 5.82 Å². The van der Waals surface area contributed by atoms with Crippen molar-refractivity contribution >= 4 is 17.6 Å². The Balaban J connectivity index is 1.80. The molecule has 1 aliphatic heterocycles. The molecule has 0 spiro atoms. The van der Waals surface area contributed by atoms with Crippen LogP contribution < -0.4 is 5.32 Å². The molecule has 4 nitrogen and oxygen atoms in total. The molecule has 3 rings (SSSR count). The van der Waals surface area contributed by atoms with Crippen molar-refractivity contribution in [1.29, 1.82) is 0 Å². The standard InChI is InChI=1S/C18H16FNO3/c1-2-11-5-3-4-6-15(11)20-17(21)16-10-12-9-13(19)7-8-14(12)18(22)23-16/h3-9,16H,2,10H2,1H3,(H,20,21). The first-order valence-corrected chi connectivity index (χ1v) is 7.46. The number of amides is 1. The summed E-state index contributed by atoms with van der Waals surface area (Å²) in [6.45, 7) is 1.99. The van der Waals surface area contributed by atoms with E-state index >= 15 is 0 Å². The largest absolute Gasteiger partial charge is 0.448 e. The quantitative estimate of drug-likeness (QED) is 0.886. The molecule has 0 bridgehead atoms. The summed E-state index contributed by atoms with van der Waals surface area (Å²) in [7, 11) is 0. The van der Waals surface area contributed by atoms with E-state index in [4.69, 9.17) is 4.74 Å². The summed E-state index contributed by atoms with van der Waals surface area (Å²) in [6.07, 6.45) is -0.0183. The number of anilines is 1. The van der Waals surface area contributed by atoms with Gasteiger partial charge in [0.25, 0.3) is 5.91 Å². The van der Waals surface area contributed by atoms with E-state index in [2.05, 4.69) is 5.32 Å². The smallest absolute Gasteiger partial charge is 0.339 e. The van der Waals surface area contributed by atoms with Crippen molar-refractivity contribution in [2.24, 2.45) is 0 Å². The van der Waals surface area contributed by atoms with Gasteiger partial charge in [-0.3, -0.25) is 4.79 Å². The summed E-state index contributed by atoms with van der Waals surface area (Å²) in [5.41, 5.74) is 2.49. The Kier molecular flexibility index (Phi) is 4.10. The third-order valence-corrected chi connectivity index (χ3v) is 3.89. The Bertz CT molecular complexity index is 773. The minimum atomic E-state index is -0.957. The van der Waals surface area contributed by atoms with Crippen LogP contribution in [-0.2, 0) is 22.4 Å². The Morgan fingerprint density at radius 3 is 2.87 bits per heavy atom. The van der Waals surface area contributed by atoms with Gasteiger partial charge in [0.15, 0.2) is 6.10 Å². The number of rotatable bonds is 3. The molecule has 5 heteroatoms. The first-order chi connectivity index (χ1) is 11.1. The minimum absolute atomic E-state index is 0.166. The van der Waals surface area contributed by atoms with Crippen molar-refractivity contribution in [2.45, 2.75) is 25.9 Å². The molecule has 2 aromatic carbocycles. The van der Waals surface area contributed by atoms with Crippen LogP contribution in [0.3, 0.4) is 0 Å². The van der Waals surface area contributed by atoms with Gasteiger partial charge in [0.1, 0.15) is 5.82 Å². The second-order valence-electron chi connectivity index (χ2n) is 5.40. The van der Waals surface area contributed by atoms with Crippen LogP contribution in [-0.4, -0.2) is 18.0 Å². The summed E-state index contributed by atoms with van der Waals surface area (Å²) >= 11 is 0. The van der Waals surface area contributed by atoms with Crippen molar-refractivity contribution in [2.75, 3.05) is 5.32 Å². The fraction of sp³-hybridized carbons (Fsp3) is 0.222. The highest BCUT2D eigenvalue weighted by Gasteiger charge is 2.31. The zero-order valence-electron chi connectivity index (χ0n) is 12.6. The molecule has 1 aliphatic rings. The average molecular weight is 313 g/mol. The molecule has 0 aromatic heterocycles. The number of ether oxygens (including phenoxy) is 1. The van der Waals surface area contributed by atoms with E-state index in [1.165, 1.54) is 18.2 Å². The van der Waals surface area contributed by atoms with Crippen LogP contribution in [0.1, 0.15) is 28.4 Å². The van der Waals surface area contributed by atoms with E-state index in [0.29, 0.717) is 16.8 Å². The van der Waals surface area contributed by atoms with E-state index in [1.54, 1.807) is 6.07 Å². The Morgan fingerprint density at radius 1 is 1.30 bits per heavy atom. The third kappa shape index (κ3) is 3.08. The first-order valence-electron chi connectivity index (χ1n) is 7.46. The van der Waals surface area contributed by atoms with Crippen LogP contribution in [0.4, 0.5) is 10.1 Å². The molecule has 0 saturated heterocycles. The van der Waals surface area contributed by atoms with Crippen LogP contribution >= 0.6 is 0 Å². The maximum absolute atomic E-state index is 13.3. The predicted molar refractivity (Wildman–Crippen MR) is 83.8 cm³/mol. The van der Waals surface area contributed by atoms with E-state index < -0.39 is 23.8 Å². The molecule has 1 amide bonds. The van der Waals surface area contributed by atoms with Gasteiger partial charge < -0.3 is 10.1 Å². The SMILES string of the molecule is CCc1ccccc1NC(=O)C1Cc2cc(F)ccc2C(=O)O1. The Morgan fingerprint density at radius 2 is 2.09 bits per heavy atom. The molecule has 1 heterocycles. The zero-order chi connectivity index (χ0) is 16.4. The number of hydrogen-bond acceptors (Lipinski definition) is 3. The molecule has 0 saturated carbocycles. The average Bonchev–Trinajstić information content (AvgIpc) is 2.54. The summed E-state index contributed by atoms with van der Waals surface area (Å²) in [5, 5.41) is 2.79. The lowest BCUT2D eigenvalue weighted by Crippen LogP contribution is -2.38. The molecule has 1 atom stereocenters. The number of carbonyl (C=O) groups is 2. The number of para-hydroxylation sites is 1. The minimum Gasteiger partial charge on any atom is -0.448 e. The van der Waals surface area contributed by atoms with E-state index in [1.807, 2.05) is 25.1 Å². The van der Waals surface area contributed by atoms with Crippen LogP contribution in [0.2, 0.25) is 0 Å². The lowest BCUT2D eigenvalue weighted by molar-refractivity contribution is -0.125. The van der Waals surface area contributed by atoms with Gasteiger partial charge >= 0.3 is 5.97 Å². The topological polar surface area (TPSA) is 55.4 Å². The summed E-state index contributed by atoms with van der Waals surface area (Å²) in [6, 6.07) is 11.3. The van der Waals surface area contributed by atoms with Gasteiger partial charge in [0.05, 0.1) is 5.56 Å². The van der Waals surface area contributed by atoms with Gasteiger partial charge in [-0.15, -0.1) is 0 Å². The number of carbonyl (C=O) groups excluding carboxylic acids is 2. The van der Waals surface area contributed by atoms with Gasteiger partial charge in [0.2, 0.25) is 0 Å². The van der Waals surface area contributed by atoms with Crippen LogP contribution in [0.15, 0.2) is 42.5 Å². The van der Waals surface area contributed by atoms with Crippen molar-refractivity contribution in [3.63, 3.8) is 0 Å². The zero-order valence-corrected chi connectivity index (χ0v) is 12.6. The molecule has 0 aliphatic carbocycles. The first kappa shape index (κ1) is 15.2. The number of halogens is 1. The third-order valence-electron chi connectivity index (χ3n) is 3.89. The molecule has 23 heavy (non-hydrogen) atoms. The Hall–Kier alpha value is -2.69. The van der Waals surface area contributed by atoms with Gasteiger partial charge in [-0.05, 0) is 41.8 Å². The fourth-order valence-corrected chi connectivity index (χ4v) is 2.67. The molecule has 0 radical (unpaired) electrons. The predicted octanol–water partition coefficient (Wildman–Crippen LogP) is 3.11. The number of aryl methyl sites for hydroxylation is 1. The molecular formula is C18H16FNO3. The van der Waals surface area contributed by atoms with Crippen molar-refractivity contribution in [3.05, 3.63) is 65.0 Å². The van der Waals surface area contributed by atoms with E-state index in [0.717, 1.165) is 12.0 Å². The monoisotopic (exact) mass is 313 g/mol. The number of benzene rings is 2. The maximum Gasteiger partial charge on any atom is 0.339 e. The van der Waals surface area contributed by atoms with Crippen LogP contribution in [0.5, 0.6) is 0 Å². The fourth-order valence-electron chi connectivity index (χ4n) is 2.67. The number of hydrogen-bond donors (Lipinski definition) is 1. The van der Waals surface area contributed by atoms with Crippen molar-refractivity contribution in [1.82, 2.24) is 0 Å². The molecule has 1 N–H and O–H groups in total. The summed E-state index contributed by atoms with van der Waals surface area (Å²) in [5.74, 6) is -1.45. The molecular weight excluding hydrogens is 297 g/mol. The number of cyclic esters (lactones) is 1. The maximum atomic E-state index is 13.3. The second kappa shape index (κ2) is 6.20. The van der Waals surface area contributed by atoms with Crippen molar-refractivity contribution in [3.8, 4) is 0 Å². The number of fused-ring (bicyclic) bond motifs is 1.